The number of ether oxygens (including phenoxy) is 1. The Balaban J connectivity index is 1.59. The van der Waals surface area contributed by atoms with Gasteiger partial charge in [0.25, 0.3) is 0 Å². The zero-order valence-electron chi connectivity index (χ0n) is 16.0. The van der Waals surface area contributed by atoms with E-state index in [0.717, 1.165) is 11.3 Å². The maximum Gasteiger partial charge on any atom is 0.234 e. The molecule has 29 heavy (non-hydrogen) atoms. The Bertz CT molecular complexity index is 1010. The van der Waals surface area contributed by atoms with Crippen molar-refractivity contribution in [1.29, 1.82) is 0 Å². The summed E-state index contributed by atoms with van der Waals surface area (Å²) in [4.78, 5) is 12.2. The van der Waals surface area contributed by atoms with Crippen LogP contribution >= 0.6 is 23.4 Å². The van der Waals surface area contributed by atoms with E-state index in [0.29, 0.717) is 23.3 Å². The molecule has 0 saturated heterocycles. The summed E-state index contributed by atoms with van der Waals surface area (Å²) in [6.45, 7) is 4.67. The summed E-state index contributed by atoms with van der Waals surface area (Å²) >= 11 is 7.28. The molecule has 2 aromatic carbocycles. The van der Waals surface area contributed by atoms with Crippen LogP contribution in [0.1, 0.15) is 18.3 Å². The van der Waals surface area contributed by atoms with Gasteiger partial charge in [-0.15, -0.1) is 10.2 Å². The number of hydrogen-bond donors (Lipinski definition) is 1. The number of rotatable bonds is 8. The van der Waals surface area contributed by atoms with E-state index in [2.05, 4.69) is 15.5 Å². The second-order valence-corrected chi connectivity index (χ2v) is 7.56. The van der Waals surface area contributed by atoms with Gasteiger partial charge in [0.15, 0.2) is 11.0 Å². The highest BCUT2D eigenvalue weighted by molar-refractivity contribution is 7.99. The molecule has 0 spiro atoms. The lowest BCUT2D eigenvalue weighted by molar-refractivity contribution is -0.113. The van der Waals surface area contributed by atoms with E-state index in [9.17, 15) is 9.18 Å². The summed E-state index contributed by atoms with van der Waals surface area (Å²) < 4.78 is 20.6. The molecule has 1 aromatic heterocycles. The van der Waals surface area contributed by atoms with Gasteiger partial charge in [0.1, 0.15) is 18.2 Å². The van der Waals surface area contributed by atoms with E-state index in [1.54, 1.807) is 0 Å². The van der Waals surface area contributed by atoms with E-state index in [1.165, 1.54) is 30.0 Å². The fourth-order valence-electron chi connectivity index (χ4n) is 2.63. The van der Waals surface area contributed by atoms with Gasteiger partial charge in [-0.25, -0.2) is 4.39 Å². The molecular formula is C20H20ClFN4O2S. The number of benzene rings is 2. The minimum atomic E-state index is -0.429. The number of carbonyl (C=O) groups excluding carboxylic acids is 1. The predicted molar refractivity (Wildman–Crippen MR) is 112 cm³/mol. The highest BCUT2D eigenvalue weighted by atomic mass is 35.5. The Morgan fingerprint density at radius 2 is 2.10 bits per heavy atom. The lowest BCUT2D eigenvalue weighted by atomic mass is 10.2. The third-order valence-corrected chi connectivity index (χ3v) is 5.26. The standard InChI is InChI=1S/C20H20ClFN4O2S/c1-3-26-18(11-28-17-8-7-14(22)10-16(17)21)24-25-20(26)29-12-19(27)23-15-6-4-5-13(2)9-15/h4-10H,3,11-12H2,1-2H3,(H,23,27). The molecule has 6 nitrogen and oxygen atoms in total. The molecule has 0 fully saturated rings. The van der Waals surface area contributed by atoms with Crippen molar-refractivity contribution in [3.63, 3.8) is 0 Å². The lowest BCUT2D eigenvalue weighted by Crippen LogP contribution is -2.15. The first kappa shape index (κ1) is 21.1. The van der Waals surface area contributed by atoms with Crippen LogP contribution in [0.5, 0.6) is 5.75 Å². The number of nitrogens with zero attached hydrogens (tertiary/aromatic N) is 3. The van der Waals surface area contributed by atoms with Gasteiger partial charge in [0.2, 0.25) is 5.91 Å². The molecule has 0 aliphatic carbocycles. The normalized spacial score (nSPS) is 10.8. The summed E-state index contributed by atoms with van der Waals surface area (Å²) in [6, 6.07) is 11.6. The van der Waals surface area contributed by atoms with Gasteiger partial charge in [-0.1, -0.05) is 35.5 Å². The third-order valence-electron chi connectivity index (χ3n) is 3.99. The van der Waals surface area contributed by atoms with Crippen molar-refractivity contribution in [1.82, 2.24) is 14.8 Å². The maximum atomic E-state index is 13.1. The number of aryl methyl sites for hydroxylation is 1. The fraction of sp³-hybridized carbons (Fsp3) is 0.250. The smallest absolute Gasteiger partial charge is 0.234 e. The number of amides is 1. The van der Waals surface area contributed by atoms with Crippen LogP contribution in [0.25, 0.3) is 0 Å². The predicted octanol–water partition coefficient (Wildman–Crippen LogP) is 4.71. The van der Waals surface area contributed by atoms with Crippen LogP contribution in [0.3, 0.4) is 0 Å². The molecule has 152 valence electrons. The Hall–Kier alpha value is -2.58. The van der Waals surface area contributed by atoms with Gasteiger partial charge in [-0.05, 0) is 49.7 Å². The van der Waals surface area contributed by atoms with E-state index < -0.39 is 5.82 Å². The van der Waals surface area contributed by atoms with Crippen LogP contribution in [0.15, 0.2) is 47.6 Å². The molecule has 0 bridgehead atoms. The van der Waals surface area contributed by atoms with Crippen molar-refractivity contribution in [3.8, 4) is 5.75 Å². The van der Waals surface area contributed by atoms with Crippen molar-refractivity contribution in [3.05, 3.63) is 64.7 Å². The fourth-order valence-corrected chi connectivity index (χ4v) is 3.68. The molecule has 1 heterocycles. The van der Waals surface area contributed by atoms with E-state index >= 15 is 0 Å². The highest BCUT2D eigenvalue weighted by Gasteiger charge is 2.14. The molecule has 0 aliphatic rings. The summed E-state index contributed by atoms with van der Waals surface area (Å²) in [6.07, 6.45) is 0. The molecule has 3 rings (SSSR count). The van der Waals surface area contributed by atoms with Gasteiger partial charge in [-0.2, -0.15) is 0 Å². The molecule has 9 heteroatoms. The number of aromatic nitrogens is 3. The van der Waals surface area contributed by atoms with Gasteiger partial charge >= 0.3 is 0 Å². The second kappa shape index (κ2) is 9.76. The molecule has 0 aliphatic heterocycles. The first-order valence-corrected chi connectivity index (χ1v) is 10.3. The van der Waals surface area contributed by atoms with Crippen molar-refractivity contribution in [2.24, 2.45) is 0 Å². The van der Waals surface area contributed by atoms with Gasteiger partial charge in [0.05, 0.1) is 10.8 Å². The van der Waals surface area contributed by atoms with Gasteiger partial charge < -0.3 is 14.6 Å². The van der Waals surface area contributed by atoms with Crippen molar-refractivity contribution >= 4 is 35.0 Å². The van der Waals surface area contributed by atoms with Crippen LogP contribution in [-0.4, -0.2) is 26.4 Å². The van der Waals surface area contributed by atoms with Crippen LogP contribution in [0.2, 0.25) is 5.02 Å². The number of halogens is 2. The minimum absolute atomic E-state index is 0.123. The number of thioether (sulfide) groups is 1. The summed E-state index contributed by atoms with van der Waals surface area (Å²) in [5.74, 6) is 0.611. The number of hydrogen-bond acceptors (Lipinski definition) is 5. The summed E-state index contributed by atoms with van der Waals surface area (Å²) in [5.41, 5.74) is 1.84. The van der Waals surface area contributed by atoms with E-state index in [1.807, 2.05) is 42.7 Å². The van der Waals surface area contributed by atoms with E-state index in [4.69, 9.17) is 16.3 Å². The number of carbonyl (C=O) groups is 1. The molecule has 0 atom stereocenters. The number of nitrogens with one attached hydrogen (secondary N) is 1. The molecular weight excluding hydrogens is 415 g/mol. The molecule has 0 unspecified atom stereocenters. The Morgan fingerprint density at radius 1 is 1.28 bits per heavy atom. The Labute approximate surface area is 177 Å². The third kappa shape index (κ3) is 5.71. The molecule has 0 saturated carbocycles. The zero-order chi connectivity index (χ0) is 20.8. The first-order valence-electron chi connectivity index (χ1n) is 8.95. The summed E-state index contributed by atoms with van der Waals surface area (Å²) in [5, 5.41) is 12.0. The SMILES string of the molecule is CCn1c(COc2ccc(F)cc2Cl)nnc1SCC(=O)Nc1cccc(C)c1. The van der Waals surface area contributed by atoms with Crippen LogP contribution < -0.4 is 10.1 Å². The van der Waals surface area contributed by atoms with Crippen LogP contribution in [-0.2, 0) is 17.9 Å². The first-order chi connectivity index (χ1) is 14.0. The monoisotopic (exact) mass is 434 g/mol. The highest BCUT2D eigenvalue weighted by Crippen LogP contribution is 2.26. The maximum absolute atomic E-state index is 13.1. The van der Waals surface area contributed by atoms with Crippen molar-refractivity contribution < 1.29 is 13.9 Å². The molecule has 3 aromatic rings. The Kier molecular flexibility index (Phi) is 7.11. The second-order valence-electron chi connectivity index (χ2n) is 6.21. The van der Waals surface area contributed by atoms with E-state index in [-0.39, 0.29) is 23.3 Å². The topological polar surface area (TPSA) is 69.0 Å². The average Bonchev–Trinajstić information content (AvgIpc) is 3.07. The van der Waals surface area contributed by atoms with Crippen LogP contribution in [0, 0.1) is 12.7 Å². The largest absolute Gasteiger partial charge is 0.484 e. The summed E-state index contributed by atoms with van der Waals surface area (Å²) in [7, 11) is 0. The number of anilines is 1. The molecule has 1 N–H and O–H groups in total. The minimum Gasteiger partial charge on any atom is -0.484 e. The molecule has 0 radical (unpaired) electrons. The quantitative estimate of drug-likeness (QED) is 0.520. The van der Waals surface area contributed by atoms with Crippen LogP contribution in [0.4, 0.5) is 10.1 Å². The van der Waals surface area contributed by atoms with Gasteiger partial charge in [0, 0.05) is 12.2 Å². The Morgan fingerprint density at radius 3 is 2.83 bits per heavy atom. The zero-order valence-corrected chi connectivity index (χ0v) is 17.6. The van der Waals surface area contributed by atoms with Gasteiger partial charge in [-0.3, -0.25) is 4.79 Å². The van der Waals surface area contributed by atoms with Crippen molar-refractivity contribution in [2.45, 2.75) is 32.2 Å². The molecule has 1 amide bonds. The average molecular weight is 435 g/mol. The lowest BCUT2D eigenvalue weighted by Gasteiger charge is -2.10. The van der Waals surface area contributed by atoms with Crippen molar-refractivity contribution in [2.75, 3.05) is 11.1 Å².